The van der Waals surface area contributed by atoms with Gasteiger partial charge in [-0.3, -0.25) is 4.79 Å². The number of phenolic OH excluding ortho intramolecular Hbond substituents is 1. The first-order valence-electron chi connectivity index (χ1n) is 6.20. The molecule has 1 aromatic rings. The number of nitrogens with one attached hydrogen (secondary N) is 1. The number of hydrogen-bond acceptors (Lipinski definition) is 6. The van der Waals surface area contributed by atoms with E-state index in [1.54, 1.807) is 12.1 Å². The van der Waals surface area contributed by atoms with Crippen LogP contribution in [-0.2, 0) is 11.3 Å². The van der Waals surface area contributed by atoms with E-state index < -0.39 is 0 Å². The summed E-state index contributed by atoms with van der Waals surface area (Å²) in [6.45, 7) is 0.566. The number of phenols is 1. The molecule has 1 saturated heterocycles. The van der Waals surface area contributed by atoms with Gasteiger partial charge in [0.25, 0.3) is 5.91 Å². The van der Waals surface area contributed by atoms with Crippen molar-refractivity contribution in [2.45, 2.75) is 6.54 Å². The highest BCUT2D eigenvalue weighted by molar-refractivity contribution is 8.26. The van der Waals surface area contributed by atoms with Gasteiger partial charge in [0.1, 0.15) is 4.32 Å². The van der Waals surface area contributed by atoms with Crippen molar-refractivity contribution < 1.29 is 14.6 Å². The first kappa shape index (κ1) is 15.8. The van der Waals surface area contributed by atoms with Crippen molar-refractivity contribution in [3.8, 4) is 11.5 Å². The average Bonchev–Trinajstić information content (AvgIpc) is 2.71. The second-order valence-corrected chi connectivity index (χ2v) is 6.54. The van der Waals surface area contributed by atoms with Crippen LogP contribution in [0.1, 0.15) is 11.1 Å². The molecule has 1 aliphatic heterocycles. The van der Waals surface area contributed by atoms with Crippen molar-refractivity contribution in [3.05, 3.63) is 28.2 Å². The number of hydrogen-bond donors (Lipinski definition) is 2. The summed E-state index contributed by atoms with van der Waals surface area (Å²) in [5, 5.41) is 12.7. The van der Waals surface area contributed by atoms with Crippen LogP contribution in [0, 0.1) is 0 Å². The Hall–Kier alpha value is -1.57. The van der Waals surface area contributed by atoms with Gasteiger partial charge in [-0.2, -0.15) is 0 Å². The molecule has 5 nitrogen and oxygen atoms in total. The van der Waals surface area contributed by atoms with Crippen LogP contribution in [0.15, 0.2) is 17.0 Å². The summed E-state index contributed by atoms with van der Waals surface area (Å²) in [5.41, 5.74) is 1.51. The topological polar surface area (TPSA) is 61.8 Å². The van der Waals surface area contributed by atoms with Gasteiger partial charge in [-0.05, 0) is 37.9 Å². The minimum Gasteiger partial charge on any atom is -0.504 e. The summed E-state index contributed by atoms with van der Waals surface area (Å²) < 4.78 is 5.64. The third-order valence-corrected chi connectivity index (χ3v) is 3.99. The van der Waals surface area contributed by atoms with Crippen molar-refractivity contribution in [1.82, 2.24) is 10.2 Å². The molecule has 1 aliphatic rings. The molecule has 2 rings (SSSR count). The number of thioether (sulfide) groups is 1. The Morgan fingerprint density at radius 3 is 2.71 bits per heavy atom. The number of thiocarbonyl (C=S) groups is 1. The zero-order valence-electron chi connectivity index (χ0n) is 12.0. The Labute approximate surface area is 133 Å². The maximum absolute atomic E-state index is 11.7. The molecule has 0 saturated carbocycles. The number of ether oxygens (including phenoxy) is 1. The Bertz CT molecular complexity index is 627. The molecule has 0 aliphatic carbocycles. The molecule has 7 heteroatoms. The minimum absolute atomic E-state index is 0.118. The molecule has 0 radical (unpaired) electrons. The monoisotopic (exact) mass is 324 g/mol. The number of aromatic hydroxyl groups is 1. The molecular weight excluding hydrogens is 308 g/mol. The van der Waals surface area contributed by atoms with Gasteiger partial charge in [0.2, 0.25) is 0 Å². The molecule has 0 bridgehead atoms. The van der Waals surface area contributed by atoms with Gasteiger partial charge < -0.3 is 20.1 Å². The molecule has 0 unspecified atom stereocenters. The summed E-state index contributed by atoms with van der Waals surface area (Å²) in [6, 6.07) is 3.52. The van der Waals surface area contributed by atoms with E-state index >= 15 is 0 Å². The number of benzene rings is 1. The molecule has 21 heavy (non-hydrogen) atoms. The summed E-state index contributed by atoms with van der Waals surface area (Å²) in [5.74, 6) is 0.297. The SMILES string of the molecule is COc1cc(/C=C2\SC(=S)NC2=O)cc(CN(C)C)c1O. The lowest BCUT2D eigenvalue weighted by molar-refractivity contribution is -0.115. The van der Waals surface area contributed by atoms with Crippen LogP contribution in [-0.4, -0.2) is 41.4 Å². The van der Waals surface area contributed by atoms with Gasteiger partial charge in [0, 0.05) is 12.1 Å². The van der Waals surface area contributed by atoms with Gasteiger partial charge in [0.15, 0.2) is 11.5 Å². The fourth-order valence-electron chi connectivity index (χ4n) is 1.96. The second kappa shape index (κ2) is 6.46. The van der Waals surface area contributed by atoms with Crippen LogP contribution in [0.4, 0.5) is 0 Å². The van der Waals surface area contributed by atoms with Crippen LogP contribution >= 0.6 is 24.0 Å². The average molecular weight is 324 g/mol. The molecule has 0 atom stereocenters. The van der Waals surface area contributed by atoms with Crippen LogP contribution in [0.5, 0.6) is 11.5 Å². The van der Waals surface area contributed by atoms with Gasteiger partial charge >= 0.3 is 0 Å². The first-order valence-corrected chi connectivity index (χ1v) is 7.42. The number of methoxy groups -OCH3 is 1. The quantitative estimate of drug-likeness (QED) is 0.652. The van der Waals surface area contributed by atoms with Crippen molar-refractivity contribution in [3.63, 3.8) is 0 Å². The van der Waals surface area contributed by atoms with Gasteiger partial charge in [0.05, 0.1) is 12.0 Å². The zero-order chi connectivity index (χ0) is 15.6. The molecule has 0 aromatic heterocycles. The normalized spacial score (nSPS) is 16.7. The Balaban J connectivity index is 2.42. The minimum atomic E-state index is -0.203. The predicted octanol–water partition coefficient (Wildman–Crippen LogP) is 1.95. The maximum Gasteiger partial charge on any atom is 0.263 e. The number of carbonyl (C=O) groups excluding carboxylic acids is 1. The van der Waals surface area contributed by atoms with Crippen LogP contribution in [0.2, 0.25) is 0 Å². The van der Waals surface area contributed by atoms with E-state index in [0.717, 1.165) is 11.1 Å². The van der Waals surface area contributed by atoms with E-state index in [0.29, 0.717) is 21.5 Å². The third kappa shape index (κ3) is 3.75. The highest BCUT2D eigenvalue weighted by Crippen LogP contribution is 2.34. The lowest BCUT2D eigenvalue weighted by Gasteiger charge is -2.14. The van der Waals surface area contributed by atoms with Gasteiger partial charge in [-0.15, -0.1) is 0 Å². The summed E-state index contributed by atoms with van der Waals surface area (Å²) in [4.78, 5) is 14.2. The summed E-state index contributed by atoms with van der Waals surface area (Å²) in [7, 11) is 5.32. The lowest BCUT2D eigenvalue weighted by Crippen LogP contribution is -2.17. The van der Waals surface area contributed by atoms with E-state index in [1.807, 2.05) is 25.1 Å². The fraction of sp³-hybridized carbons (Fsp3) is 0.286. The van der Waals surface area contributed by atoms with E-state index in [4.69, 9.17) is 17.0 Å². The Kier molecular flexibility index (Phi) is 4.87. The van der Waals surface area contributed by atoms with Crippen molar-refractivity contribution >= 4 is 40.3 Å². The largest absolute Gasteiger partial charge is 0.504 e. The van der Waals surface area contributed by atoms with E-state index in [-0.39, 0.29) is 11.7 Å². The Morgan fingerprint density at radius 1 is 1.48 bits per heavy atom. The van der Waals surface area contributed by atoms with Gasteiger partial charge in [-0.1, -0.05) is 24.0 Å². The standard InChI is InChI=1S/C14H16N2O3S2/c1-16(2)7-9-4-8(5-10(19-3)12(9)17)6-11-13(18)15-14(20)21-11/h4-6,17H,7H2,1-3H3,(H,15,18,20)/b11-6-. The molecule has 1 amide bonds. The van der Waals surface area contributed by atoms with E-state index in [9.17, 15) is 9.90 Å². The van der Waals surface area contributed by atoms with Crippen LogP contribution < -0.4 is 10.1 Å². The first-order chi connectivity index (χ1) is 9.90. The number of amides is 1. The number of nitrogens with zero attached hydrogens (tertiary/aromatic N) is 1. The Morgan fingerprint density at radius 2 is 2.19 bits per heavy atom. The fourth-order valence-corrected chi connectivity index (χ4v) is 3.01. The number of rotatable bonds is 4. The number of carbonyl (C=O) groups is 1. The highest BCUT2D eigenvalue weighted by Gasteiger charge is 2.22. The summed E-state index contributed by atoms with van der Waals surface area (Å²) >= 11 is 6.18. The smallest absolute Gasteiger partial charge is 0.263 e. The predicted molar refractivity (Wildman–Crippen MR) is 88.4 cm³/mol. The molecule has 112 valence electrons. The molecule has 1 fully saturated rings. The molecular formula is C14H16N2O3S2. The van der Waals surface area contributed by atoms with Crippen molar-refractivity contribution in [1.29, 1.82) is 0 Å². The van der Waals surface area contributed by atoms with E-state index in [2.05, 4.69) is 5.32 Å². The maximum atomic E-state index is 11.7. The summed E-state index contributed by atoms with van der Waals surface area (Å²) in [6.07, 6.45) is 1.74. The molecule has 0 spiro atoms. The van der Waals surface area contributed by atoms with Gasteiger partial charge in [-0.25, -0.2) is 0 Å². The highest BCUT2D eigenvalue weighted by atomic mass is 32.2. The third-order valence-electron chi connectivity index (χ3n) is 2.82. The van der Waals surface area contributed by atoms with E-state index in [1.165, 1.54) is 18.9 Å². The van der Waals surface area contributed by atoms with Crippen LogP contribution in [0.25, 0.3) is 6.08 Å². The van der Waals surface area contributed by atoms with Crippen LogP contribution in [0.3, 0.4) is 0 Å². The molecule has 2 N–H and O–H groups in total. The second-order valence-electron chi connectivity index (χ2n) is 4.82. The lowest BCUT2D eigenvalue weighted by atomic mass is 10.1. The van der Waals surface area contributed by atoms with Crippen molar-refractivity contribution in [2.24, 2.45) is 0 Å². The molecule has 1 aromatic carbocycles. The zero-order valence-corrected chi connectivity index (χ0v) is 13.6. The molecule has 1 heterocycles. The van der Waals surface area contributed by atoms with Crippen molar-refractivity contribution in [2.75, 3.05) is 21.2 Å².